The summed E-state index contributed by atoms with van der Waals surface area (Å²) < 4.78 is 10.8. The van der Waals surface area contributed by atoms with E-state index in [2.05, 4.69) is 10.6 Å². The molecule has 1 fully saturated rings. The van der Waals surface area contributed by atoms with Gasteiger partial charge in [-0.05, 0) is 18.6 Å². The van der Waals surface area contributed by atoms with E-state index < -0.39 is 0 Å². The van der Waals surface area contributed by atoms with Gasteiger partial charge in [-0.25, -0.2) is 4.79 Å². The first kappa shape index (κ1) is 12.9. The fraction of sp³-hybridized carbons (Fsp3) is 0.462. The first-order valence-corrected chi connectivity index (χ1v) is 6.17. The first-order valence-electron chi connectivity index (χ1n) is 6.17. The predicted octanol–water partition coefficient (Wildman–Crippen LogP) is 2.26. The lowest BCUT2D eigenvalue weighted by molar-refractivity contribution is -0.0441. The number of ether oxygens (including phenoxy) is 2. The normalized spacial score (nSPS) is 15.6. The molecule has 1 aromatic carbocycles. The third-order valence-electron chi connectivity index (χ3n) is 2.60. The van der Waals surface area contributed by atoms with Crippen LogP contribution in [0.4, 0.5) is 10.5 Å². The van der Waals surface area contributed by atoms with Crippen LogP contribution < -0.4 is 10.6 Å². The van der Waals surface area contributed by atoms with Gasteiger partial charge >= 0.3 is 6.03 Å². The Bertz CT molecular complexity index is 386. The number of nitrogens with one attached hydrogen (secondary N) is 2. The Balaban J connectivity index is 1.88. The van der Waals surface area contributed by atoms with Crippen molar-refractivity contribution in [3.63, 3.8) is 0 Å². The molecule has 0 saturated carbocycles. The number of urea groups is 1. The van der Waals surface area contributed by atoms with Crippen molar-refractivity contribution >= 4 is 11.7 Å². The summed E-state index contributed by atoms with van der Waals surface area (Å²) in [5.41, 5.74) is 1.72. The van der Waals surface area contributed by atoms with Gasteiger partial charge in [0.05, 0.1) is 13.2 Å². The molecule has 5 heteroatoms. The summed E-state index contributed by atoms with van der Waals surface area (Å²) in [6, 6.07) is 7.28. The molecular formula is C13H18N2O3. The van der Waals surface area contributed by atoms with Crippen LogP contribution in [0.3, 0.4) is 0 Å². The zero-order valence-corrected chi connectivity index (χ0v) is 10.4. The summed E-state index contributed by atoms with van der Waals surface area (Å²) in [6.45, 7) is 3.94. The molecule has 1 heterocycles. The smallest absolute Gasteiger partial charge is 0.319 e. The summed E-state index contributed by atoms with van der Waals surface area (Å²) in [7, 11) is 0. The molecule has 1 saturated heterocycles. The highest BCUT2D eigenvalue weighted by molar-refractivity contribution is 5.89. The van der Waals surface area contributed by atoms with Gasteiger partial charge in [-0.3, -0.25) is 0 Å². The molecule has 0 atom stereocenters. The number of carbonyl (C=O) groups excluding carboxylic acids is 1. The molecule has 98 valence electrons. The standard InChI is InChI=1S/C13H18N2O3/c1-2-7-14-13(16)15-11-5-3-10(4-6-11)12-17-8-9-18-12/h3-6,12H,2,7-9H2,1H3,(H2,14,15,16). The minimum atomic E-state index is -0.270. The van der Waals surface area contributed by atoms with E-state index in [9.17, 15) is 4.79 Å². The summed E-state index contributed by atoms with van der Waals surface area (Å²) >= 11 is 0. The van der Waals surface area contributed by atoms with Crippen LogP contribution in [0.5, 0.6) is 0 Å². The molecule has 1 aromatic rings. The lowest BCUT2D eigenvalue weighted by Crippen LogP contribution is -2.29. The van der Waals surface area contributed by atoms with Gasteiger partial charge in [0.15, 0.2) is 6.29 Å². The Morgan fingerprint density at radius 1 is 1.28 bits per heavy atom. The summed E-state index contributed by atoms with van der Waals surface area (Å²) in [5, 5.41) is 5.51. The van der Waals surface area contributed by atoms with Crippen LogP contribution >= 0.6 is 0 Å². The number of hydrogen-bond donors (Lipinski definition) is 2. The largest absolute Gasteiger partial charge is 0.346 e. The molecule has 1 aliphatic rings. The molecule has 0 aliphatic carbocycles. The Hall–Kier alpha value is -1.59. The van der Waals surface area contributed by atoms with Gasteiger partial charge < -0.3 is 20.1 Å². The number of benzene rings is 1. The van der Waals surface area contributed by atoms with Crippen LogP contribution in [0.2, 0.25) is 0 Å². The second-order valence-electron chi connectivity index (χ2n) is 4.08. The van der Waals surface area contributed by atoms with E-state index in [-0.39, 0.29) is 12.3 Å². The number of amides is 2. The second kappa shape index (κ2) is 6.37. The van der Waals surface area contributed by atoms with E-state index in [4.69, 9.17) is 9.47 Å². The van der Waals surface area contributed by atoms with Gasteiger partial charge in [0.25, 0.3) is 0 Å². The van der Waals surface area contributed by atoms with Crippen molar-refractivity contribution in [1.82, 2.24) is 5.32 Å². The lowest BCUT2D eigenvalue weighted by atomic mass is 10.2. The van der Waals surface area contributed by atoms with Crippen molar-refractivity contribution in [2.45, 2.75) is 19.6 Å². The van der Waals surface area contributed by atoms with Gasteiger partial charge in [-0.15, -0.1) is 0 Å². The van der Waals surface area contributed by atoms with Crippen molar-refractivity contribution in [3.8, 4) is 0 Å². The van der Waals surface area contributed by atoms with Crippen LogP contribution in [0.15, 0.2) is 24.3 Å². The SMILES string of the molecule is CCCNC(=O)Nc1ccc(C2OCCO2)cc1. The van der Waals surface area contributed by atoms with Crippen LogP contribution in [0, 0.1) is 0 Å². The quantitative estimate of drug-likeness (QED) is 0.861. The summed E-state index contributed by atoms with van der Waals surface area (Å²) in [5.74, 6) is 0. The average molecular weight is 250 g/mol. The van der Waals surface area contributed by atoms with Gasteiger partial charge in [0, 0.05) is 17.8 Å². The molecule has 0 unspecified atom stereocenters. The van der Waals surface area contributed by atoms with Gasteiger partial charge in [0.1, 0.15) is 0 Å². The second-order valence-corrected chi connectivity index (χ2v) is 4.08. The monoisotopic (exact) mass is 250 g/mol. The topological polar surface area (TPSA) is 59.6 Å². The maximum atomic E-state index is 11.4. The van der Waals surface area contributed by atoms with Crippen molar-refractivity contribution in [3.05, 3.63) is 29.8 Å². The molecule has 18 heavy (non-hydrogen) atoms. The fourth-order valence-corrected chi connectivity index (χ4v) is 1.69. The summed E-state index contributed by atoms with van der Waals surface area (Å²) in [6.07, 6.45) is 0.649. The zero-order chi connectivity index (χ0) is 12.8. The average Bonchev–Trinajstić information content (AvgIpc) is 2.91. The first-order chi connectivity index (χ1) is 8.79. The summed E-state index contributed by atoms with van der Waals surface area (Å²) in [4.78, 5) is 11.4. The minimum absolute atomic E-state index is 0.182. The molecule has 2 amide bonds. The molecule has 0 radical (unpaired) electrons. The molecular weight excluding hydrogens is 232 g/mol. The molecule has 0 aromatic heterocycles. The maximum Gasteiger partial charge on any atom is 0.319 e. The van der Waals surface area contributed by atoms with E-state index in [0.717, 1.165) is 17.7 Å². The number of hydrogen-bond acceptors (Lipinski definition) is 3. The van der Waals surface area contributed by atoms with E-state index in [1.165, 1.54) is 0 Å². The number of carbonyl (C=O) groups is 1. The van der Waals surface area contributed by atoms with E-state index in [1.807, 2.05) is 31.2 Å². The van der Waals surface area contributed by atoms with Crippen molar-refractivity contribution in [2.75, 3.05) is 25.1 Å². The Kier molecular flexibility index (Phi) is 4.55. The van der Waals surface area contributed by atoms with Crippen LogP contribution in [0.1, 0.15) is 25.2 Å². The zero-order valence-electron chi connectivity index (χ0n) is 10.4. The third kappa shape index (κ3) is 3.45. The van der Waals surface area contributed by atoms with E-state index in [1.54, 1.807) is 0 Å². The van der Waals surface area contributed by atoms with Crippen LogP contribution in [-0.4, -0.2) is 25.8 Å². The van der Waals surface area contributed by atoms with Crippen LogP contribution in [-0.2, 0) is 9.47 Å². The van der Waals surface area contributed by atoms with E-state index >= 15 is 0 Å². The van der Waals surface area contributed by atoms with Crippen molar-refractivity contribution < 1.29 is 14.3 Å². The fourth-order valence-electron chi connectivity index (χ4n) is 1.69. The van der Waals surface area contributed by atoms with E-state index in [0.29, 0.717) is 19.8 Å². The van der Waals surface area contributed by atoms with Gasteiger partial charge in [-0.2, -0.15) is 0 Å². The molecule has 1 aliphatic heterocycles. The third-order valence-corrected chi connectivity index (χ3v) is 2.60. The molecule has 2 rings (SSSR count). The predicted molar refractivity (Wildman–Crippen MR) is 68.4 cm³/mol. The van der Waals surface area contributed by atoms with Crippen LogP contribution in [0.25, 0.3) is 0 Å². The Morgan fingerprint density at radius 2 is 1.94 bits per heavy atom. The number of rotatable bonds is 4. The highest BCUT2D eigenvalue weighted by Gasteiger charge is 2.17. The van der Waals surface area contributed by atoms with Crippen molar-refractivity contribution in [1.29, 1.82) is 0 Å². The maximum absolute atomic E-state index is 11.4. The van der Waals surface area contributed by atoms with Gasteiger partial charge in [0.2, 0.25) is 0 Å². The highest BCUT2D eigenvalue weighted by Crippen LogP contribution is 2.24. The highest BCUT2D eigenvalue weighted by atomic mass is 16.7. The molecule has 0 bridgehead atoms. The number of anilines is 1. The Labute approximate surface area is 106 Å². The molecule has 5 nitrogen and oxygen atoms in total. The minimum Gasteiger partial charge on any atom is -0.346 e. The molecule has 2 N–H and O–H groups in total. The lowest BCUT2D eigenvalue weighted by Gasteiger charge is -2.11. The van der Waals surface area contributed by atoms with Crippen molar-refractivity contribution in [2.24, 2.45) is 0 Å². The molecule has 0 spiro atoms. The van der Waals surface area contributed by atoms with Gasteiger partial charge in [-0.1, -0.05) is 19.1 Å². The Morgan fingerprint density at radius 3 is 2.56 bits per heavy atom.